The molecule has 1 N–H and O–H groups in total. The van der Waals surface area contributed by atoms with E-state index in [0.717, 1.165) is 34.0 Å². The molecule has 0 bridgehead atoms. The maximum Gasteiger partial charge on any atom is 0.287 e. The van der Waals surface area contributed by atoms with Gasteiger partial charge in [0.15, 0.2) is 5.76 Å². The summed E-state index contributed by atoms with van der Waals surface area (Å²) in [5.41, 5.74) is 4.89. The third kappa shape index (κ3) is 3.06. The van der Waals surface area contributed by atoms with Crippen molar-refractivity contribution < 1.29 is 9.21 Å². The van der Waals surface area contributed by atoms with Gasteiger partial charge in [0.2, 0.25) is 0 Å². The number of para-hydroxylation sites is 1. The van der Waals surface area contributed by atoms with Crippen LogP contribution in [-0.4, -0.2) is 17.4 Å². The summed E-state index contributed by atoms with van der Waals surface area (Å²) in [6.45, 7) is 4.57. The Balaban J connectivity index is 1.55. The first kappa shape index (κ1) is 16.3. The second-order valence-electron chi connectivity index (χ2n) is 6.56. The van der Waals surface area contributed by atoms with Crippen LogP contribution in [0.25, 0.3) is 21.9 Å². The fourth-order valence-electron chi connectivity index (χ4n) is 3.25. The van der Waals surface area contributed by atoms with Gasteiger partial charge in [-0.3, -0.25) is 9.78 Å². The van der Waals surface area contributed by atoms with Crippen LogP contribution in [0.3, 0.4) is 0 Å². The summed E-state index contributed by atoms with van der Waals surface area (Å²) in [5, 5.41) is 4.75. The normalized spacial score (nSPS) is 11.2. The number of aromatic nitrogens is 1. The molecule has 1 amide bonds. The lowest BCUT2D eigenvalue weighted by Gasteiger charge is -2.04. The number of rotatable bonds is 4. The predicted octanol–water partition coefficient (Wildman–Crippen LogP) is 4.57. The van der Waals surface area contributed by atoms with E-state index < -0.39 is 0 Å². The average Bonchev–Trinajstić information content (AvgIpc) is 3.08. The van der Waals surface area contributed by atoms with Gasteiger partial charge in [0.1, 0.15) is 5.58 Å². The number of nitrogens with one attached hydrogen (secondary N) is 1. The third-order valence-electron chi connectivity index (χ3n) is 4.56. The van der Waals surface area contributed by atoms with E-state index in [4.69, 9.17) is 4.42 Å². The molecule has 4 rings (SSSR count). The molecule has 0 aliphatic rings. The standard InChI is InChI=1S/C22H20N2O2/c1-14-6-5-7-16(12-14)10-11-23-22(25)20-13-18-15(2)24-19-9-4-3-8-17(19)21(18)26-20/h3-9,12-13H,10-11H2,1-2H3,(H,23,25). The van der Waals surface area contributed by atoms with E-state index in [0.29, 0.717) is 12.3 Å². The zero-order valence-corrected chi connectivity index (χ0v) is 14.9. The highest BCUT2D eigenvalue weighted by molar-refractivity contribution is 6.06. The lowest BCUT2D eigenvalue weighted by atomic mass is 10.1. The third-order valence-corrected chi connectivity index (χ3v) is 4.56. The maximum absolute atomic E-state index is 12.5. The highest BCUT2D eigenvalue weighted by atomic mass is 16.3. The van der Waals surface area contributed by atoms with Gasteiger partial charge in [-0.25, -0.2) is 0 Å². The summed E-state index contributed by atoms with van der Waals surface area (Å²) in [6.07, 6.45) is 0.789. The zero-order valence-electron chi connectivity index (χ0n) is 14.9. The molecule has 0 unspecified atom stereocenters. The van der Waals surface area contributed by atoms with Gasteiger partial charge in [-0.05, 0) is 44.0 Å². The first-order valence-corrected chi connectivity index (χ1v) is 8.74. The highest BCUT2D eigenvalue weighted by Crippen LogP contribution is 2.29. The minimum atomic E-state index is -0.197. The number of hydrogen-bond acceptors (Lipinski definition) is 3. The summed E-state index contributed by atoms with van der Waals surface area (Å²) in [4.78, 5) is 17.1. The SMILES string of the molecule is Cc1cccc(CCNC(=O)c2cc3c(C)nc4ccccc4c3o2)c1. The van der Waals surface area contributed by atoms with Crippen molar-refractivity contribution in [1.82, 2.24) is 10.3 Å². The topological polar surface area (TPSA) is 55.1 Å². The van der Waals surface area contributed by atoms with E-state index in [2.05, 4.69) is 35.4 Å². The molecule has 0 saturated heterocycles. The van der Waals surface area contributed by atoms with Gasteiger partial charge < -0.3 is 9.73 Å². The van der Waals surface area contributed by atoms with Crippen LogP contribution in [0.1, 0.15) is 27.4 Å². The van der Waals surface area contributed by atoms with Crippen molar-refractivity contribution in [3.8, 4) is 0 Å². The molecule has 26 heavy (non-hydrogen) atoms. The Morgan fingerprint density at radius 1 is 1.04 bits per heavy atom. The molecule has 0 aliphatic carbocycles. The number of hydrogen-bond donors (Lipinski definition) is 1. The molecule has 130 valence electrons. The number of benzene rings is 2. The number of fused-ring (bicyclic) bond motifs is 3. The van der Waals surface area contributed by atoms with E-state index in [1.54, 1.807) is 6.07 Å². The second kappa shape index (κ2) is 6.64. The maximum atomic E-state index is 12.5. The van der Waals surface area contributed by atoms with Crippen molar-refractivity contribution in [2.75, 3.05) is 6.54 Å². The molecule has 0 saturated carbocycles. The Morgan fingerprint density at radius 3 is 2.73 bits per heavy atom. The molecule has 2 aromatic carbocycles. The molecule has 0 spiro atoms. The van der Waals surface area contributed by atoms with Crippen LogP contribution >= 0.6 is 0 Å². The monoisotopic (exact) mass is 344 g/mol. The molecule has 0 radical (unpaired) electrons. The van der Waals surface area contributed by atoms with Gasteiger partial charge >= 0.3 is 0 Å². The van der Waals surface area contributed by atoms with Gasteiger partial charge in [-0.1, -0.05) is 42.0 Å². The average molecular weight is 344 g/mol. The molecule has 0 aliphatic heterocycles. The summed E-state index contributed by atoms with van der Waals surface area (Å²) in [5.74, 6) is 0.128. The van der Waals surface area contributed by atoms with Crippen LogP contribution in [0.2, 0.25) is 0 Å². The smallest absolute Gasteiger partial charge is 0.287 e. The van der Waals surface area contributed by atoms with Crippen LogP contribution in [-0.2, 0) is 6.42 Å². The number of furan rings is 1. The number of pyridine rings is 1. The minimum Gasteiger partial charge on any atom is -0.450 e. The van der Waals surface area contributed by atoms with E-state index in [9.17, 15) is 4.79 Å². The lowest BCUT2D eigenvalue weighted by Crippen LogP contribution is -2.25. The molecular weight excluding hydrogens is 324 g/mol. The van der Waals surface area contributed by atoms with Crippen molar-refractivity contribution in [3.63, 3.8) is 0 Å². The minimum absolute atomic E-state index is 0.197. The number of carbonyl (C=O) groups is 1. The molecule has 4 heteroatoms. The number of amides is 1. The summed E-state index contributed by atoms with van der Waals surface area (Å²) < 4.78 is 5.89. The zero-order chi connectivity index (χ0) is 18.1. The summed E-state index contributed by atoms with van der Waals surface area (Å²) in [7, 11) is 0. The molecule has 4 aromatic rings. The van der Waals surface area contributed by atoms with Gasteiger partial charge in [0, 0.05) is 23.0 Å². The molecule has 4 nitrogen and oxygen atoms in total. The number of carbonyl (C=O) groups excluding carboxylic acids is 1. The Hall–Kier alpha value is -3.14. The van der Waals surface area contributed by atoms with Crippen molar-refractivity contribution in [2.24, 2.45) is 0 Å². The van der Waals surface area contributed by atoms with Gasteiger partial charge in [0.05, 0.1) is 5.52 Å². The largest absolute Gasteiger partial charge is 0.450 e. The van der Waals surface area contributed by atoms with Crippen molar-refractivity contribution in [2.45, 2.75) is 20.3 Å². The van der Waals surface area contributed by atoms with Crippen LogP contribution in [0.15, 0.2) is 59.0 Å². The van der Waals surface area contributed by atoms with Crippen molar-refractivity contribution in [3.05, 3.63) is 77.2 Å². The Bertz CT molecular complexity index is 1110. The molecule has 0 fully saturated rings. The first-order chi connectivity index (χ1) is 12.6. The summed E-state index contributed by atoms with van der Waals surface area (Å²) >= 11 is 0. The Labute approximate surface area is 151 Å². The van der Waals surface area contributed by atoms with Crippen molar-refractivity contribution >= 4 is 27.8 Å². The van der Waals surface area contributed by atoms with Gasteiger partial charge in [-0.2, -0.15) is 0 Å². The van der Waals surface area contributed by atoms with E-state index in [1.807, 2.05) is 37.3 Å². The van der Waals surface area contributed by atoms with Gasteiger partial charge in [-0.15, -0.1) is 0 Å². The van der Waals surface area contributed by atoms with Crippen LogP contribution < -0.4 is 5.32 Å². The molecule has 2 heterocycles. The molecule has 0 atom stereocenters. The van der Waals surface area contributed by atoms with Crippen LogP contribution in [0.5, 0.6) is 0 Å². The second-order valence-corrected chi connectivity index (χ2v) is 6.56. The Morgan fingerprint density at radius 2 is 1.88 bits per heavy atom. The van der Waals surface area contributed by atoms with Gasteiger partial charge in [0.25, 0.3) is 5.91 Å². The number of nitrogens with zero attached hydrogens (tertiary/aromatic N) is 1. The number of aryl methyl sites for hydroxylation is 2. The molecule has 2 aromatic heterocycles. The summed E-state index contributed by atoms with van der Waals surface area (Å²) in [6, 6.07) is 17.9. The van der Waals surface area contributed by atoms with Crippen LogP contribution in [0, 0.1) is 13.8 Å². The fraction of sp³-hybridized carbons (Fsp3) is 0.182. The first-order valence-electron chi connectivity index (χ1n) is 8.74. The van der Waals surface area contributed by atoms with Crippen molar-refractivity contribution in [1.29, 1.82) is 0 Å². The lowest BCUT2D eigenvalue weighted by molar-refractivity contribution is 0.0929. The highest BCUT2D eigenvalue weighted by Gasteiger charge is 2.16. The van der Waals surface area contributed by atoms with E-state index in [-0.39, 0.29) is 5.91 Å². The Kier molecular flexibility index (Phi) is 4.17. The fourth-order valence-corrected chi connectivity index (χ4v) is 3.25. The van der Waals surface area contributed by atoms with E-state index >= 15 is 0 Å². The quantitative estimate of drug-likeness (QED) is 0.590. The van der Waals surface area contributed by atoms with E-state index in [1.165, 1.54) is 11.1 Å². The molecular formula is C22H20N2O2. The van der Waals surface area contributed by atoms with Crippen LogP contribution in [0.4, 0.5) is 0 Å². The predicted molar refractivity (Wildman–Crippen MR) is 103 cm³/mol.